The van der Waals surface area contributed by atoms with Gasteiger partial charge in [-0.15, -0.1) is 0 Å². The smallest absolute Gasteiger partial charge is 0.0678 e. The van der Waals surface area contributed by atoms with Crippen molar-refractivity contribution >= 4 is 0 Å². The first-order chi connectivity index (χ1) is 12.4. The van der Waals surface area contributed by atoms with Gasteiger partial charge in [-0.1, -0.05) is 24.3 Å². The average Bonchev–Trinajstić information content (AvgIpc) is 2.81. The number of hydrogen-bond donors (Lipinski definition) is 1. The van der Waals surface area contributed by atoms with Crippen molar-refractivity contribution in [2.45, 2.75) is 59.5 Å². The number of hydrogen-bond acceptors (Lipinski definition) is 4. The quantitative estimate of drug-likeness (QED) is 0.864. The van der Waals surface area contributed by atoms with Crippen molar-refractivity contribution in [1.29, 1.82) is 0 Å². The molecule has 2 aromatic rings. The second-order valence-electron chi connectivity index (χ2n) is 7.60. The molecule has 2 heterocycles. The fraction of sp³-hybridized carbons (Fsp3) is 0.571. The lowest BCUT2D eigenvalue weighted by atomic mass is 10.1. The molecule has 1 aliphatic rings. The first-order valence-corrected chi connectivity index (χ1v) is 9.58. The van der Waals surface area contributed by atoms with Gasteiger partial charge in [0.05, 0.1) is 17.9 Å². The van der Waals surface area contributed by atoms with E-state index in [0.717, 1.165) is 38.4 Å². The highest BCUT2D eigenvalue weighted by Gasteiger charge is 2.22. The number of nitrogens with one attached hydrogen (secondary N) is 1. The van der Waals surface area contributed by atoms with Gasteiger partial charge in [0.15, 0.2) is 0 Å². The molecular formula is C21H32N4O. The van der Waals surface area contributed by atoms with E-state index in [9.17, 15) is 0 Å². The van der Waals surface area contributed by atoms with Crippen LogP contribution in [0.3, 0.4) is 0 Å². The number of aromatic nitrogens is 2. The van der Waals surface area contributed by atoms with Crippen molar-refractivity contribution < 1.29 is 4.74 Å². The predicted molar refractivity (Wildman–Crippen MR) is 105 cm³/mol. The Morgan fingerprint density at radius 2 is 1.73 bits per heavy atom. The summed E-state index contributed by atoms with van der Waals surface area (Å²) in [6.45, 7) is 13.2. The molecule has 5 heteroatoms. The molecule has 0 unspecified atom stereocenters. The molecule has 5 nitrogen and oxygen atoms in total. The summed E-state index contributed by atoms with van der Waals surface area (Å²) < 4.78 is 7.82. The topological polar surface area (TPSA) is 42.3 Å². The van der Waals surface area contributed by atoms with Crippen LogP contribution in [0.4, 0.5) is 0 Å². The number of aryl methyl sites for hydroxylation is 2. The van der Waals surface area contributed by atoms with E-state index in [1.165, 1.54) is 22.4 Å². The van der Waals surface area contributed by atoms with Crippen LogP contribution < -0.4 is 5.32 Å². The van der Waals surface area contributed by atoms with Crippen molar-refractivity contribution in [3.8, 4) is 0 Å². The Bertz CT molecular complexity index is 730. The lowest BCUT2D eigenvalue weighted by Crippen LogP contribution is -2.45. The minimum atomic E-state index is 0.306. The van der Waals surface area contributed by atoms with Gasteiger partial charge in [-0.3, -0.25) is 9.58 Å². The van der Waals surface area contributed by atoms with Crippen molar-refractivity contribution in [1.82, 2.24) is 20.0 Å². The molecule has 1 aromatic carbocycles. The molecule has 1 N–H and O–H groups in total. The third kappa shape index (κ3) is 4.53. The zero-order chi connectivity index (χ0) is 18.7. The van der Waals surface area contributed by atoms with Gasteiger partial charge in [-0.25, -0.2) is 0 Å². The van der Waals surface area contributed by atoms with Crippen LogP contribution in [0.15, 0.2) is 24.3 Å². The summed E-state index contributed by atoms with van der Waals surface area (Å²) in [6.07, 6.45) is 0.612. The van der Waals surface area contributed by atoms with E-state index in [1.54, 1.807) is 0 Å². The largest absolute Gasteiger partial charge is 0.373 e. The fourth-order valence-electron chi connectivity index (χ4n) is 3.93. The maximum absolute atomic E-state index is 5.86. The van der Waals surface area contributed by atoms with Gasteiger partial charge >= 0.3 is 0 Å². The summed E-state index contributed by atoms with van der Waals surface area (Å²) in [4.78, 5) is 2.51. The molecule has 1 fully saturated rings. The fourth-order valence-corrected chi connectivity index (χ4v) is 3.93. The Morgan fingerprint density at radius 1 is 1.08 bits per heavy atom. The average molecular weight is 357 g/mol. The summed E-state index contributed by atoms with van der Waals surface area (Å²) in [7, 11) is 2.01. The van der Waals surface area contributed by atoms with E-state index in [0.29, 0.717) is 12.2 Å². The van der Waals surface area contributed by atoms with E-state index in [-0.39, 0.29) is 0 Å². The van der Waals surface area contributed by atoms with Crippen LogP contribution in [0.2, 0.25) is 0 Å². The molecule has 26 heavy (non-hydrogen) atoms. The van der Waals surface area contributed by atoms with Crippen LogP contribution in [-0.2, 0) is 31.4 Å². The molecule has 0 radical (unpaired) electrons. The Kier molecular flexibility index (Phi) is 6.12. The third-order valence-electron chi connectivity index (χ3n) is 5.28. The molecule has 0 spiro atoms. The highest BCUT2D eigenvalue weighted by atomic mass is 16.5. The van der Waals surface area contributed by atoms with E-state index >= 15 is 0 Å². The van der Waals surface area contributed by atoms with Crippen LogP contribution >= 0.6 is 0 Å². The van der Waals surface area contributed by atoms with E-state index < -0.39 is 0 Å². The van der Waals surface area contributed by atoms with Gasteiger partial charge in [-0.05, 0) is 38.8 Å². The number of morpholine rings is 1. The van der Waals surface area contributed by atoms with E-state index in [2.05, 4.69) is 67.3 Å². The Morgan fingerprint density at radius 3 is 2.35 bits per heavy atom. The Labute approximate surface area is 157 Å². The monoisotopic (exact) mass is 356 g/mol. The first kappa shape index (κ1) is 19.1. The molecule has 0 saturated carbocycles. The summed E-state index contributed by atoms with van der Waals surface area (Å²) in [5.74, 6) is 0. The van der Waals surface area contributed by atoms with Gasteiger partial charge in [0.25, 0.3) is 0 Å². The molecule has 2 atom stereocenters. The van der Waals surface area contributed by atoms with Crippen LogP contribution in [0.25, 0.3) is 0 Å². The lowest BCUT2D eigenvalue weighted by molar-refractivity contribution is -0.0705. The third-order valence-corrected chi connectivity index (χ3v) is 5.28. The van der Waals surface area contributed by atoms with Crippen LogP contribution in [0.5, 0.6) is 0 Å². The van der Waals surface area contributed by atoms with E-state index in [1.807, 2.05) is 11.7 Å². The van der Waals surface area contributed by atoms with Crippen LogP contribution in [0.1, 0.15) is 41.9 Å². The summed E-state index contributed by atoms with van der Waals surface area (Å²) in [5, 5.41) is 8.12. The van der Waals surface area contributed by atoms with Gasteiger partial charge < -0.3 is 10.1 Å². The summed E-state index contributed by atoms with van der Waals surface area (Å²) >= 11 is 0. The highest BCUT2D eigenvalue weighted by molar-refractivity contribution is 5.28. The highest BCUT2D eigenvalue weighted by Crippen LogP contribution is 2.17. The molecule has 0 bridgehead atoms. The standard InChI is InChI=1S/C21H32N4O/c1-15-12-25(13-16(2)26-15)14-20-9-7-6-8-19(20)10-22-11-21-17(3)23-24(5)18(21)4/h6-9,15-16,22H,10-14H2,1-5H3/t15-,16-/m1/s1. The summed E-state index contributed by atoms with van der Waals surface area (Å²) in [6, 6.07) is 8.76. The van der Waals surface area contributed by atoms with Gasteiger partial charge in [-0.2, -0.15) is 5.10 Å². The second-order valence-corrected chi connectivity index (χ2v) is 7.60. The van der Waals surface area contributed by atoms with Crippen LogP contribution in [-0.4, -0.2) is 40.0 Å². The molecule has 1 aliphatic heterocycles. The maximum atomic E-state index is 5.86. The first-order valence-electron chi connectivity index (χ1n) is 9.58. The Balaban J connectivity index is 1.62. The molecular weight excluding hydrogens is 324 g/mol. The van der Waals surface area contributed by atoms with Crippen molar-refractivity contribution in [2.24, 2.45) is 7.05 Å². The van der Waals surface area contributed by atoms with Crippen molar-refractivity contribution in [3.63, 3.8) is 0 Å². The molecule has 1 saturated heterocycles. The zero-order valence-electron chi connectivity index (χ0n) is 16.7. The zero-order valence-corrected chi connectivity index (χ0v) is 16.7. The maximum Gasteiger partial charge on any atom is 0.0678 e. The molecule has 3 rings (SSSR count). The number of ether oxygens (including phenoxy) is 1. The van der Waals surface area contributed by atoms with Gasteiger partial charge in [0, 0.05) is 51.0 Å². The van der Waals surface area contributed by atoms with Gasteiger partial charge in [0.2, 0.25) is 0 Å². The number of rotatable bonds is 6. The number of benzene rings is 1. The SMILES string of the molecule is Cc1nn(C)c(C)c1CNCc1ccccc1CN1C[C@@H](C)O[C@H](C)C1. The lowest BCUT2D eigenvalue weighted by Gasteiger charge is -2.35. The normalized spacial score (nSPS) is 21.3. The van der Waals surface area contributed by atoms with Crippen molar-refractivity contribution in [3.05, 3.63) is 52.3 Å². The molecule has 0 amide bonds. The molecule has 142 valence electrons. The van der Waals surface area contributed by atoms with Crippen LogP contribution in [0, 0.1) is 13.8 Å². The molecule has 1 aromatic heterocycles. The van der Waals surface area contributed by atoms with Crippen molar-refractivity contribution in [2.75, 3.05) is 13.1 Å². The minimum Gasteiger partial charge on any atom is -0.373 e. The predicted octanol–water partition coefficient (Wildman–Crippen LogP) is 2.94. The van der Waals surface area contributed by atoms with Gasteiger partial charge in [0.1, 0.15) is 0 Å². The second kappa shape index (κ2) is 8.33. The van der Waals surface area contributed by atoms with E-state index in [4.69, 9.17) is 4.74 Å². The summed E-state index contributed by atoms with van der Waals surface area (Å²) in [5.41, 5.74) is 6.43. The molecule has 0 aliphatic carbocycles. The minimum absolute atomic E-state index is 0.306. The Hall–Kier alpha value is -1.69. The number of nitrogens with zero attached hydrogens (tertiary/aromatic N) is 3.